The van der Waals surface area contributed by atoms with Crippen molar-refractivity contribution in [1.82, 2.24) is 0 Å². The van der Waals surface area contributed by atoms with Gasteiger partial charge in [0, 0.05) is 0 Å². The number of hydrogen-bond acceptors (Lipinski definition) is 4. The molecular formula is C29H58O4. The smallest absolute Gasteiger partial charge is 0.308 e. The SMILES string of the molecule is CCCCCCC(CCCC)COC(=O)C(C)C.CCCCCCC(CCCC)COC=O. The van der Waals surface area contributed by atoms with E-state index in [0.29, 0.717) is 31.5 Å². The standard InChI is InChI=1S/C16H32O2.C13H26O2/c1-5-7-9-10-12-15(11-8-6-2)13-18-16(17)14(3)4;1-3-5-7-8-10-13(9-6-4-2)11-15-12-14/h14-15H,5-13H2,1-4H3;12-13H,3-11H2,1-2H3. The molecule has 0 spiro atoms. The van der Waals surface area contributed by atoms with Gasteiger partial charge in [0.1, 0.15) is 0 Å². The third-order valence-electron chi connectivity index (χ3n) is 6.20. The minimum atomic E-state index is -0.0509. The topological polar surface area (TPSA) is 52.6 Å². The molecule has 198 valence electrons. The average Bonchev–Trinajstić information content (AvgIpc) is 2.82. The fourth-order valence-corrected chi connectivity index (χ4v) is 3.87. The molecule has 0 amide bonds. The van der Waals surface area contributed by atoms with E-state index in [0.717, 1.165) is 0 Å². The van der Waals surface area contributed by atoms with Gasteiger partial charge >= 0.3 is 5.97 Å². The summed E-state index contributed by atoms with van der Waals surface area (Å²) in [6.07, 6.45) is 20.2. The van der Waals surface area contributed by atoms with E-state index >= 15 is 0 Å². The van der Waals surface area contributed by atoms with Crippen LogP contribution in [0.5, 0.6) is 0 Å². The molecule has 0 saturated carbocycles. The molecule has 0 aromatic carbocycles. The van der Waals surface area contributed by atoms with E-state index in [9.17, 15) is 9.59 Å². The number of carbonyl (C=O) groups excluding carboxylic acids is 2. The Morgan fingerprint density at radius 1 is 0.636 bits per heavy atom. The quantitative estimate of drug-likeness (QED) is 0.0900. The molecule has 0 radical (unpaired) electrons. The minimum absolute atomic E-state index is 0.00286. The molecule has 0 N–H and O–H groups in total. The van der Waals surface area contributed by atoms with E-state index in [1.807, 2.05) is 13.8 Å². The van der Waals surface area contributed by atoms with Gasteiger partial charge in [0.15, 0.2) is 0 Å². The molecule has 0 fully saturated rings. The summed E-state index contributed by atoms with van der Waals surface area (Å²) in [6.45, 7) is 14.5. The highest BCUT2D eigenvalue weighted by molar-refractivity contribution is 5.71. The summed E-state index contributed by atoms with van der Waals surface area (Å²) < 4.78 is 10.2. The molecule has 0 heterocycles. The molecule has 4 nitrogen and oxygen atoms in total. The molecule has 0 rings (SSSR count). The van der Waals surface area contributed by atoms with Gasteiger partial charge in [-0.25, -0.2) is 0 Å². The van der Waals surface area contributed by atoms with Crippen LogP contribution in [0.25, 0.3) is 0 Å². The molecule has 0 aliphatic carbocycles. The number of hydrogen-bond donors (Lipinski definition) is 0. The Kier molecular flexibility index (Phi) is 28.1. The highest BCUT2D eigenvalue weighted by atomic mass is 16.5. The summed E-state index contributed by atoms with van der Waals surface area (Å²) in [4.78, 5) is 21.6. The van der Waals surface area contributed by atoms with Crippen LogP contribution in [0.2, 0.25) is 0 Å². The zero-order valence-corrected chi connectivity index (χ0v) is 23.2. The Balaban J connectivity index is 0. The van der Waals surface area contributed by atoms with Gasteiger partial charge in [0.2, 0.25) is 0 Å². The first-order valence-corrected chi connectivity index (χ1v) is 14.2. The maximum atomic E-state index is 11.5. The highest BCUT2D eigenvalue weighted by Crippen LogP contribution is 2.19. The lowest BCUT2D eigenvalue weighted by Crippen LogP contribution is -2.18. The Morgan fingerprint density at radius 3 is 1.45 bits per heavy atom. The van der Waals surface area contributed by atoms with E-state index in [1.165, 1.54) is 103 Å². The summed E-state index contributed by atoms with van der Waals surface area (Å²) in [7, 11) is 0. The summed E-state index contributed by atoms with van der Waals surface area (Å²) >= 11 is 0. The Labute approximate surface area is 207 Å². The Hall–Kier alpha value is -1.06. The third-order valence-corrected chi connectivity index (χ3v) is 6.20. The second kappa shape index (κ2) is 27.2. The van der Waals surface area contributed by atoms with Gasteiger partial charge in [0.05, 0.1) is 19.1 Å². The van der Waals surface area contributed by atoms with Crippen molar-refractivity contribution < 1.29 is 19.1 Å². The maximum absolute atomic E-state index is 11.5. The fraction of sp³-hybridized carbons (Fsp3) is 0.931. The van der Waals surface area contributed by atoms with Crippen molar-refractivity contribution in [3.05, 3.63) is 0 Å². The molecule has 2 atom stereocenters. The second-order valence-corrected chi connectivity index (χ2v) is 9.93. The average molecular weight is 471 g/mol. The Bertz CT molecular complexity index is 408. The molecule has 0 bridgehead atoms. The van der Waals surface area contributed by atoms with E-state index in [-0.39, 0.29) is 11.9 Å². The van der Waals surface area contributed by atoms with Crippen LogP contribution in [0, 0.1) is 17.8 Å². The van der Waals surface area contributed by atoms with Crippen LogP contribution < -0.4 is 0 Å². The van der Waals surface area contributed by atoms with Crippen molar-refractivity contribution in [1.29, 1.82) is 0 Å². The van der Waals surface area contributed by atoms with Crippen LogP contribution in [-0.2, 0) is 19.1 Å². The number of unbranched alkanes of at least 4 members (excludes halogenated alkanes) is 8. The number of esters is 1. The minimum Gasteiger partial charge on any atom is -0.468 e. The van der Waals surface area contributed by atoms with Gasteiger partial charge in [-0.3, -0.25) is 9.59 Å². The van der Waals surface area contributed by atoms with E-state index in [4.69, 9.17) is 9.47 Å². The molecule has 0 aromatic rings. The molecule has 2 unspecified atom stereocenters. The zero-order chi connectivity index (χ0) is 25.2. The normalized spacial score (nSPS) is 12.6. The predicted octanol–water partition coefficient (Wildman–Crippen LogP) is 8.90. The molecule has 0 saturated heterocycles. The van der Waals surface area contributed by atoms with Crippen LogP contribution in [0.4, 0.5) is 0 Å². The highest BCUT2D eigenvalue weighted by Gasteiger charge is 2.14. The summed E-state index contributed by atoms with van der Waals surface area (Å²) in [5.41, 5.74) is 0. The lowest BCUT2D eigenvalue weighted by molar-refractivity contribution is -0.148. The van der Waals surface area contributed by atoms with Gasteiger partial charge in [0.25, 0.3) is 6.47 Å². The van der Waals surface area contributed by atoms with Crippen molar-refractivity contribution in [2.24, 2.45) is 17.8 Å². The third kappa shape index (κ3) is 25.4. The molecule has 4 heteroatoms. The molecule has 0 aromatic heterocycles. The molecule has 0 aliphatic rings. The van der Waals surface area contributed by atoms with Crippen LogP contribution in [0.3, 0.4) is 0 Å². The monoisotopic (exact) mass is 470 g/mol. The van der Waals surface area contributed by atoms with Crippen LogP contribution >= 0.6 is 0 Å². The van der Waals surface area contributed by atoms with Gasteiger partial charge < -0.3 is 9.47 Å². The van der Waals surface area contributed by atoms with E-state index in [1.54, 1.807) is 0 Å². The first-order chi connectivity index (χ1) is 16.0. The summed E-state index contributed by atoms with van der Waals surface area (Å²) in [5.74, 6) is 1.11. The zero-order valence-electron chi connectivity index (χ0n) is 23.2. The number of ether oxygens (including phenoxy) is 2. The van der Waals surface area contributed by atoms with E-state index in [2.05, 4.69) is 27.7 Å². The molecule has 0 aliphatic heterocycles. The van der Waals surface area contributed by atoms with Crippen molar-refractivity contribution in [3.8, 4) is 0 Å². The number of carbonyl (C=O) groups is 2. The molecule has 33 heavy (non-hydrogen) atoms. The van der Waals surface area contributed by atoms with Crippen molar-refractivity contribution >= 4 is 12.4 Å². The summed E-state index contributed by atoms with van der Waals surface area (Å²) in [5, 5.41) is 0. The van der Waals surface area contributed by atoms with Gasteiger partial charge in [-0.2, -0.15) is 0 Å². The lowest BCUT2D eigenvalue weighted by atomic mass is 9.96. The lowest BCUT2D eigenvalue weighted by Gasteiger charge is -2.17. The predicted molar refractivity (Wildman–Crippen MR) is 141 cm³/mol. The van der Waals surface area contributed by atoms with Gasteiger partial charge in [-0.15, -0.1) is 0 Å². The van der Waals surface area contributed by atoms with Gasteiger partial charge in [-0.05, 0) is 37.5 Å². The fourth-order valence-electron chi connectivity index (χ4n) is 3.87. The van der Waals surface area contributed by atoms with Crippen molar-refractivity contribution in [2.75, 3.05) is 13.2 Å². The van der Waals surface area contributed by atoms with Crippen molar-refractivity contribution in [2.45, 2.75) is 144 Å². The van der Waals surface area contributed by atoms with Crippen LogP contribution in [0.1, 0.15) is 144 Å². The number of rotatable bonds is 22. The maximum Gasteiger partial charge on any atom is 0.308 e. The van der Waals surface area contributed by atoms with Crippen molar-refractivity contribution in [3.63, 3.8) is 0 Å². The Morgan fingerprint density at radius 2 is 1.06 bits per heavy atom. The van der Waals surface area contributed by atoms with E-state index < -0.39 is 0 Å². The van der Waals surface area contributed by atoms with Crippen LogP contribution in [0.15, 0.2) is 0 Å². The largest absolute Gasteiger partial charge is 0.468 e. The van der Waals surface area contributed by atoms with Gasteiger partial charge in [-0.1, -0.05) is 119 Å². The first kappa shape index (κ1) is 34.1. The second-order valence-electron chi connectivity index (χ2n) is 9.93. The van der Waals surface area contributed by atoms with Crippen LogP contribution in [-0.4, -0.2) is 25.7 Å². The molecular weight excluding hydrogens is 412 g/mol. The first-order valence-electron chi connectivity index (χ1n) is 14.2. The summed E-state index contributed by atoms with van der Waals surface area (Å²) in [6, 6.07) is 0.